The maximum atomic E-state index is 11.7. The lowest BCUT2D eigenvalue weighted by Gasteiger charge is -2.20. The van der Waals surface area contributed by atoms with Crippen LogP contribution in [0.4, 0.5) is 0 Å². The van der Waals surface area contributed by atoms with Crippen molar-refractivity contribution in [2.75, 3.05) is 20.1 Å². The van der Waals surface area contributed by atoms with E-state index >= 15 is 0 Å². The number of carbonyl (C=O) groups is 1. The lowest BCUT2D eigenvalue weighted by molar-refractivity contribution is -0.130. The summed E-state index contributed by atoms with van der Waals surface area (Å²) in [4.78, 5) is 13.3. The van der Waals surface area contributed by atoms with Crippen LogP contribution in [-0.2, 0) is 4.79 Å². The molecule has 0 spiro atoms. The number of rotatable bonds is 6. The molecule has 0 aliphatic rings. The summed E-state index contributed by atoms with van der Waals surface area (Å²) < 4.78 is 0. The minimum atomic E-state index is -0.103. The molecule has 2 atom stereocenters. The van der Waals surface area contributed by atoms with E-state index in [1.54, 1.807) is 11.9 Å². The van der Waals surface area contributed by atoms with Crippen LogP contribution in [0.2, 0.25) is 0 Å². The highest BCUT2D eigenvalue weighted by atomic mass is 16.2. The highest BCUT2D eigenvalue weighted by molar-refractivity contribution is 5.76. The first-order chi connectivity index (χ1) is 7.01. The van der Waals surface area contributed by atoms with Gasteiger partial charge in [0.05, 0.1) is 12.0 Å². The Balaban J connectivity index is 3.94. The molecule has 0 radical (unpaired) electrons. The van der Waals surface area contributed by atoms with E-state index in [1.165, 1.54) is 0 Å². The summed E-state index contributed by atoms with van der Waals surface area (Å²) in [5.41, 5.74) is 0. The monoisotopic (exact) mass is 211 g/mol. The number of carbonyl (C=O) groups excluding carboxylic acids is 1. The number of nitrogens with zero attached hydrogens (tertiary/aromatic N) is 2. The summed E-state index contributed by atoms with van der Waals surface area (Å²) in [5.74, 6) is -0.0149. The van der Waals surface area contributed by atoms with Gasteiger partial charge in [0, 0.05) is 26.1 Å². The average Bonchev–Trinajstić information content (AvgIpc) is 2.17. The van der Waals surface area contributed by atoms with Crippen LogP contribution in [-0.4, -0.2) is 37.0 Å². The molecule has 4 nitrogen and oxygen atoms in total. The summed E-state index contributed by atoms with van der Waals surface area (Å²) in [6.07, 6.45) is 0.489. The standard InChI is InChI=1S/C11H21N3O/c1-5-13-10(3)6-11(15)14(4)8-9(2)7-12/h9-10,13H,5-6,8H2,1-4H3. The lowest BCUT2D eigenvalue weighted by atomic mass is 10.1. The normalized spacial score (nSPS) is 14.1. The second-order valence-electron chi connectivity index (χ2n) is 3.97. The Kier molecular flexibility index (Phi) is 6.72. The van der Waals surface area contributed by atoms with Gasteiger partial charge in [-0.05, 0) is 20.4 Å². The van der Waals surface area contributed by atoms with Crippen LogP contribution in [0, 0.1) is 17.2 Å². The number of hydrogen-bond acceptors (Lipinski definition) is 3. The Morgan fingerprint density at radius 2 is 2.13 bits per heavy atom. The largest absolute Gasteiger partial charge is 0.344 e. The Labute approximate surface area is 92.3 Å². The highest BCUT2D eigenvalue weighted by Crippen LogP contribution is 2.00. The Morgan fingerprint density at radius 1 is 1.53 bits per heavy atom. The fourth-order valence-corrected chi connectivity index (χ4v) is 1.39. The molecule has 2 unspecified atom stereocenters. The molecule has 15 heavy (non-hydrogen) atoms. The van der Waals surface area contributed by atoms with Gasteiger partial charge < -0.3 is 10.2 Å². The van der Waals surface area contributed by atoms with Crippen molar-refractivity contribution in [3.05, 3.63) is 0 Å². The van der Waals surface area contributed by atoms with Crippen LogP contribution >= 0.6 is 0 Å². The van der Waals surface area contributed by atoms with Crippen molar-refractivity contribution in [2.24, 2.45) is 5.92 Å². The van der Waals surface area contributed by atoms with Crippen molar-refractivity contribution in [2.45, 2.75) is 33.2 Å². The zero-order valence-electron chi connectivity index (χ0n) is 10.1. The third-order valence-corrected chi connectivity index (χ3v) is 2.23. The Hall–Kier alpha value is -1.08. The van der Waals surface area contributed by atoms with Crippen molar-refractivity contribution in [3.8, 4) is 6.07 Å². The van der Waals surface area contributed by atoms with E-state index < -0.39 is 0 Å². The minimum absolute atomic E-state index is 0.0885. The average molecular weight is 211 g/mol. The zero-order chi connectivity index (χ0) is 11.8. The van der Waals surface area contributed by atoms with Gasteiger partial charge >= 0.3 is 0 Å². The first-order valence-corrected chi connectivity index (χ1v) is 5.38. The van der Waals surface area contributed by atoms with E-state index in [4.69, 9.17) is 5.26 Å². The Morgan fingerprint density at radius 3 is 2.60 bits per heavy atom. The predicted octanol–water partition coefficient (Wildman–Crippen LogP) is 0.993. The molecule has 0 aromatic rings. The molecular formula is C11H21N3O. The van der Waals surface area contributed by atoms with Crippen LogP contribution in [0.5, 0.6) is 0 Å². The van der Waals surface area contributed by atoms with Gasteiger partial charge in [-0.1, -0.05) is 6.92 Å². The number of nitrogens with one attached hydrogen (secondary N) is 1. The molecule has 4 heteroatoms. The predicted molar refractivity (Wildman–Crippen MR) is 60.2 cm³/mol. The van der Waals surface area contributed by atoms with E-state index in [-0.39, 0.29) is 17.9 Å². The van der Waals surface area contributed by atoms with Gasteiger partial charge in [0.25, 0.3) is 0 Å². The topological polar surface area (TPSA) is 56.1 Å². The molecule has 0 saturated heterocycles. The first-order valence-electron chi connectivity index (χ1n) is 5.38. The maximum absolute atomic E-state index is 11.7. The number of nitriles is 1. The van der Waals surface area contributed by atoms with Gasteiger partial charge in [-0.15, -0.1) is 0 Å². The van der Waals surface area contributed by atoms with Gasteiger partial charge in [0.2, 0.25) is 5.91 Å². The molecule has 86 valence electrons. The molecule has 0 fully saturated rings. The molecule has 0 aromatic carbocycles. The summed E-state index contributed by atoms with van der Waals surface area (Å²) in [6.45, 7) is 7.20. The second kappa shape index (κ2) is 7.24. The molecule has 0 bridgehead atoms. The fourth-order valence-electron chi connectivity index (χ4n) is 1.39. The smallest absolute Gasteiger partial charge is 0.223 e. The van der Waals surface area contributed by atoms with Crippen LogP contribution in [0.3, 0.4) is 0 Å². The van der Waals surface area contributed by atoms with E-state index in [0.29, 0.717) is 13.0 Å². The van der Waals surface area contributed by atoms with E-state index in [1.807, 2.05) is 20.8 Å². The van der Waals surface area contributed by atoms with Crippen LogP contribution in [0.25, 0.3) is 0 Å². The molecule has 0 aliphatic carbocycles. The third kappa shape index (κ3) is 6.08. The quantitative estimate of drug-likeness (QED) is 0.713. The zero-order valence-corrected chi connectivity index (χ0v) is 10.1. The van der Waals surface area contributed by atoms with Crippen molar-refractivity contribution in [3.63, 3.8) is 0 Å². The molecule has 0 aliphatic heterocycles. The third-order valence-electron chi connectivity index (χ3n) is 2.23. The molecule has 1 amide bonds. The lowest BCUT2D eigenvalue weighted by Crippen LogP contribution is -2.36. The van der Waals surface area contributed by atoms with Gasteiger partial charge in [-0.25, -0.2) is 0 Å². The molecular weight excluding hydrogens is 190 g/mol. The van der Waals surface area contributed by atoms with Gasteiger partial charge in [-0.2, -0.15) is 5.26 Å². The van der Waals surface area contributed by atoms with Crippen molar-refractivity contribution < 1.29 is 4.79 Å². The summed E-state index contributed by atoms with van der Waals surface area (Å²) in [7, 11) is 1.74. The minimum Gasteiger partial charge on any atom is -0.344 e. The maximum Gasteiger partial charge on any atom is 0.223 e. The van der Waals surface area contributed by atoms with Crippen molar-refractivity contribution >= 4 is 5.91 Å². The van der Waals surface area contributed by atoms with E-state index in [9.17, 15) is 4.79 Å². The van der Waals surface area contributed by atoms with Crippen LogP contribution in [0.1, 0.15) is 27.2 Å². The SMILES string of the molecule is CCNC(C)CC(=O)N(C)CC(C)C#N. The van der Waals surface area contributed by atoms with Gasteiger partial charge in [-0.3, -0.25) is 4.79 Å². The van der Waals surface area contributed by atoms with Crippen molar-refractivity contribution in [1.82, 2.24) is 10.2 Å². The van der Waals surface area contributed by atoms with Crippen LogP contribution in [0.15, 0.2) is 0 Å². The second-order valence-corrected chi connectivity index (χ2v) is 3.97. The summed E-state index contributed by atoms with van der Waals surface area (Å²) >= 11 is 0. The van der Waals surface area contributed by atoms with E-state index in [2.05, 4.69) is 11.4 Å². The fraction of sp³-hybridized carbons (Fsp3) is 0.818. The van der Waals surface area contributed by atoms with Gasteiger partial charge in [0.1, 0.15) is 0 Å². The summed E-state index contributed by atoms with van der Waals surface area (Å²) in [5, 5.41) is 11.8. The number of hydrogen-bond donors (Lipinski definition) is 1. The molecule has 0 heterocycles. The highest BCUT2D eigenvalue weighted by Gasteiger charge is 2.14. The van der Waals surface area contributed by atoms with E-state index in [0.717, 1.165) is 6.54 Å². The summed E-state index contributed by atoms with van der Waals surface area (Å²) in [6, 6.07) is 2.32. The molecule has 0 aromatic heterocycles. The first kappa shape index (κ1) is 13.9. The van der Waals surface area contributed by atoms with Crippen LogP contribution < -0.4 is 5.32 Å². The van der Waals surface area contributed by atoms with Crippen molar-refractivity contribution in [1.29, 1.82) is 5.26 Å². The Bertz CT molecular complexity index is 234. The molecule has 0 rings (SSSR count). The number of amides is 1. The van der Waals surface area contributed by atoms with Gasteiger partial charge in [0.15, 0.2) is 0 Å². The molecule has 1 N–H and O–H groups in total. The molecule has 0 saturated carbocycles.